The van der Waals surface area contributed by atoms with Crippen LogP contribution < -0.4 is 19.8 Å². The molecule has 2 aromatic carbocycles. The number of fused-ring (bicyclic) bond motifs is 1. The van der Waals surface area contributed by atoms with E-state index in [0.717, 1.165) is 0 Å². The van der Waals surface area contributed by atoms with E-state index in [9.17, 15) is 9.59 Å². The fourth-order valence-electron chi connectivity index (χ4n) is 2.75. The van der Waals surface area contributed by atoms with E-state index in [0.29, 0.717) is 46.0 Å². The number of hydrogen-bond acceptors (Lipinski definition) is 7. The SMILES string of the molecule is CCOc1ccc(C(=O)OCc2cc(=O)oc3cc(OC)ccc23)cc1OC. The average Bonchev–Trinajstić information content (AvgIpc) is 2.71. The lowest BCUT2D eigenvalue weighted by Crippen LogP contribution is -2.08. The maximum Gasteiger partial charge on any atom is 0.338 e. The van der Waals surface area contributed by atoms with Crippen LogP contribution in [0.1, 0.15) is 22.8 Å². The summed E-state index contributed by atoms with van der Waals surface area (Å²) in [6.45, 7) is 2.26. The lowest BCUT2D eigenvalue weighted by molar-refractivity contribution is 0.0473. The van der Waals surface area contributed by atoms with Gasteiger partial charge in [0, 0.05) is 23.1 Å². The van der Waals surface area contributed by atoms with Crippen LogP contribution in [0.5, 0.6) is 17.2 Å². The number of carbonyl (C=O) groups is 1. The van der Waals surface area contributed by atoms with Crippen LogP contribution in [0.3, 0.4) is 0 Å². The number of methoxy groups -OCH3 is 2. The third kappa shape index (κ3) is 4.09. The molecule has 0 unspecified atom stereocenters. The average molecular weight is 384 g/mol. The standard InChI is InChI=1S/C21H20O7/c1-4-26-17-8-5-13(9-19(17)25-3)21(23)27-12-14-10-20(22)28-18-11-15(24-2)6-7-16(14)18/h5-11H,4,12H2,1-3H3. The Hall–Kier alpha value is -3.48. The van der Waals surface area contributed by atoms with Gasteiger partial charge in [0.05, 0.1) is 26.4 Å². The van der Waals surface area contributed by atoms with Crippen molar-refractivity contribution in [3.8, 4) is 17.2 Å². The summed E-state index contributed by atoms with van der Waals surface area (Å²) in [4.78, 5) is 24.3. The minimum atomic E-state index is -0.545. The zero-order valence-electron chi connectivity index (χ0n) is 15.8. The number of ether oxygens (including phenoxy) is 4. The van der Waals surface area contributed by atoms with Crippen LogP contribution >= 0.6 is 0 Å². The molecule has 0 bridgehead atoms. The molecule has 0 aliphatic heterocycles. The molecule has 3 rings (SSSR count). The first-order chi connectivity index (χ1) is 13.5. The maximum atomic E-state index is 12.4. The van der Waals surface area contributed by atoms with Crippen molar-refractivity contribution in [1.29, 1.82) is 0 Å². The molecule has 0 N–H and O–H groups in total. The monoisotopic (exact) mass is 384 g/mol. The Morgan fingerprint density at radius 1 is 1.00 bits per heavy atom. The van der Waals surface area contributed by atoms with Crippen molar-refractivity contribution in [2.75, 3.05) is 20.8 Å². The summed E-state index contributed by atoms with van der Waals surface area (Å²) in [7, 11) is 3.02. The molecule has 7 heteroatoms. The Kier molecular flexibility index (Phi) is 5.84. The van der Waals surface area contributed by atoms with Crippen molar-refractivity contribution in [2.24, 2.45) is 0 Å². The van der Waals surface area contributed by atoms with Gasteiger partial charge in [-0.25, -0.2) is 9.59 Å². The molecule has 7 nitrogen and oxygen atoms in total. The molecular formula is C21H20O7. The largest absolute Gasteiger partial charge is 0.497 e. The van der Waals surface area contributed by atoms with Gasteiger partial charge in [-0.15, -0.1) is 0 Å². The summed E-state index contributed by atoms with van der Waals surface area (Å²) in [5.74, 6) is 0.999. The maximum absolute atomic E-state index is 12.4. The fourth-order valence-corrected chi connectivity index (χ4v) is 2.75. The first-order valence-electron chi connectivity index (χ1n) is 8.64. The molecule has 0 atom stereocenters. The second-order valence-electron chi connectivity index (χ2n) is 5.83. The van der Waals surface area contributed by atoms with Crippen LogP contribution in [0.25, 0.3) is 11.0 Å². The number of esters is 1. The third-order valence-electron chi connectivity index (χ3n) is 4.10. The third-order valence-corrected chi connectivity index (χ3v) is 4.10. The van der Waals surface area contributed by atoms with Gasteiger partial charge < -0.3 is 23.4 Å². The van der Waals surface area contributed by atoms with Crippen molar-refractivity contribution >= 4 is 16.9 Å². The van der Waals surface area contributed by atoms with Crippen molar-refractivity contribution in [2.45, 2.75) is 13.5 Å². The quantitative estimate of drug-likeness (QED) is 0.455. The molecular weight excluding hydrogens is 364 g/mol. The molecule has 3 aromatic rings. The van der Waals surface area contributed by atoms with E-state index in [2.05, 4.69) is 0 Å². The Morgan fingerprint density at radius 3 is 2.54 bits per heavy atom. The predicted molar refractivity (Wildman–Crippen MR) is 102 cm³/mol. The second kappa shape index (κ2) is 8.47. The van der Waals surface area contributed by atoms with E-state index >= 15 is 0 Å². The van der Waals surface area contributed by atoms with E-state index in [1.165, 1.54) is 20.3 Å². The first-order valence-corrected chi connectivity index (χ1v) is 8.64. The van der Waals surface area contributed by atoms with Gasteiger partial charge in [0.25, 0.3) is 0 Å². The minimum absolute atomic E-state index is 0.0806. The minimum Gasteiger partial charge on any atom is -0.497 e. The van der Waals surface area contributed by atoms with Crippen LogP contribution in [0.2, 0.25) is 0 Å². The molecule has 0 amide bonds. The van der Waals surface area contributed by atoms with Gasteiger partial charge in [0.2, 0.25) is 0 Å². The molecule has 1 aromatic heterocycles. The fraction of sp³-hybridized carbons (Fsp3) is 0.238. The van der Waals surface area contributed by atoms with Gasteiger partial charge in [-0.05, 0) is 37.3 Å². The van der Waals surface area contributed by atoms with Crippen LogP contribution in [0.4, 0.5) is 0 Å². The van der Waals surface area contributed by atoms with Gasteiger partial charge in [-0.2, -0.15) is 0 Å². The zero-order chi connectivity index (χ0) is 20.1. The Balaban J connectivity index is 1.82. The molecule has 1 heterocycles. The topological polar surface area (TPSA) is 84.2 Å². The highest BCUT2D eigenvalue weighted by molar-refractivity contribution is 5.90. The van der Waals surface area contributed by atoms with Crippen molar-refractivity contribution in [3.63, 3.8) is 0 Å². The van der Waals surface area contributed by atoms with E-state index < -0.39 is 11.6 Å². The van der Waals surface area contributed by atoms with E-state index in [1.54, 1.807) is 36.4 Å². The van der Waals surface area contributed by atoms with Gasteiger partial charge in [-0.3, -0.25) is 0 Å². The highest BCUT2D eigenvalue weighted by Gasteiger charge is 2.14. The van der Waals surface area contributed by atoms with Crippen LogP contribution in [0.15, 0.2) is 51.7 Å². The number of hydrogen-bond donors (Lipinski definition) is 0. The van der Waals surface area contributed by atoms with Crippen molar-refractivity contribution < 1.29 is 28.2 Å². The summed E-state index contributed by atoms with van der Waals surface area (Å²) >= 11 is 0. The number of benzene rings is 2. The van der Waals surface area contributed by atoms with Gasteiger partial charge in [0.1, 0.15) is 17.9 Å². The van der Waals surface area contributed by atoms with Crippen LogP contribution in [-0.2, 0) is 11.3 Å². The molecule has 28 heavy (non-hydrogen) atoms. The van der Waals surface area contributed by atoms with Crippen LogP contribution in [-0.4, -0.2) is 26.8 Å². The summed E-state index contributed by atoms with van der Waals surface area (Å²) in [5.41, 5.74) is 0.685. The molecule has 0 radical (unpaired) electrons. The zero-order valence-corrected chi connectivity index (χ0v) is 15.8. The lowest BCUT2D eigenvalue weighted by Gasteiger charge is -2.11. The van der Waals surface area contributed by atoms with Crippen LogP contribution in [0, 0.1) is 0 Å². The van der Waals surface area contributed by atoms with Gasteiger partial charge >= 0.3 is 11.6 Å². The number of carbonyl (C=O) groups excluding carboxylic acids is 1. The highest BCUT2D eigenvalue weighted by Crippen LogP contribution is 2.29. The first kappa shape index (κ1) is 19.3. The number of rotatable bonds is 7. The Morgan fingerprint density at radius 2 is 1.82 bits per heavy atom. The molecule has 0 aliphatic rings. The summed E-state index contributed by atoms with van der Waals surface area (Å²) in [5, 5.41) is 0.664. The molecule has 0 saturated carbocycles. The molecule has 0 fully saturated rings. The second-order valence-corrected chi connectivity index (χ2v) is 5.83. The molecule has 0 aliphatic carbocycles. The van der Waals surface area contributed by atoms with Gasteiger partial charge in [-0.1, -0.05) is 0 Å². The normalized spacial score (nSPS) is 10.5. The summed E-state index contributed by atoms with van der Waals surface area (Å²) < 4.78 is 26.4. The Labute approximate surface area is 161 Å². The van der Waals surface area contributed by atoms with E-state index in [1.807, 2.05) is 6.92 Å². The van der Waals surface area contributed by atoms with Gasteiger partial charge in [0.15, 0.2) is 11.5 Å². The van der Waals surface area contributed by atoms with E-state index in [4.69, 9.17) is 23.4 Å². The lowest BCUT2D eigenvalue weighted by atomic mass is 10.1. The predicted octanol–water partition coefficient (Wildman–Crippen LogP) is 3.57. The summed E-state index contributed by atoms with van der Waals surface area (Å²) in [6.07, 6.45) is 0. The highest BCUT2D eigenvalue weighted by atomic mass is 16.5. The molecule has 0 spiro atoms. The Bertz CT molecular complexity index is 1050. The van der Waals surface area contributed by atoms with E-state index in [-0.39, 0.29) is 6.61 Å². The summed E-state index contributed by atoms with van der Waals surface area (Å²) in [6, 6.07) is 11.2. The van der Waals surface area contributed by atoms with Crippen molar-refractivity contribution in [3.05, 3.63) is 64.0 Å². The molecule has 0 saturated heterocycles. The smallest absolute Gasteiger partial charge is 0.338 e. The van der Waals surface area contributed by atoms with Crippen molar-refractivity contribution in [1.82, 2.24) is 0 Å². The molecule has 146 valence electrons.